The van der Waals surface area contributed by atoms with E-state index in [4.69, 9.17) is 5.73 Å². The third-order valence-electron chi connectivity index (χ3n) is 6.83. The van der Waals surface area contributed by atoms with Gasteiger partial charge in [0.25, 0.3) is 5.92 Å². The molecule has 9 nitrogen and oxygen atoms in total. The first-order valence-electron chi connectivity index (χ1n) is 11.7. The van der Waals surface area contributed by atoms with Crippen LogP contribution in [0.15, 0.2) is 42.6 Å². The molecule has 4 aliphatic rings. The highest BCUT2D eigenvalue weighted by Gasteiger charge is 2.46. The number of benzene rings is 1. The number of nitrogen functional groups attached to an aromatic ring is 1. The van der Waals surface area contributed by atoms with Gasteiger partial charge in [-0.15, -0.1) is 10.2 Å². The van der Waals surface area contributed by atoms with Gasteiger partial charge in [-0.1, -0.05) is 18.1 Å². The Hall–Kier alpha value is -4.04. The second-order valence-corrected chi connectivity index (χ2v) is 9.41. The average Bonchev–Trinajstić information content (AvgIpc) is 2.84. The molecule has 0 radical (unpaired) electrons. The van der Waals surface area contributed by atoms with Crippen molar-refractivity contribution in [3.63, 3.8) is 0 Å². The maximum Gasteiger partial charge on any atom is 0.273 e. The van der Waals surface area contributed by atoms with Gasteiger partial charge in [-0.2, -0.15) is 0 Å². The van der Waals surface area contributed by atoms with E-state index < -0.39 is 5.92 Å². The zero-order valence-corrected chi connectivity index (χ0v) is 19.3. The zero-order valence-electron chi connectivity index (χ0n) is 19.3. The summed E-state index contributed by atoms with van der Waals surface area (Å²) in [5, 5.41) is 18.5. The van der Waals surface area contributed by atoms with Crippen LogP contribution in [0.25, 0.3) is 11.3 Å². The molecule has 0 amide bonds. The fraction of sp³-hybridized carbons (Fsp3) is 0.360. The lowest BCUT2D eigenvalue weighted by Gasteiger charge is -2.57. The Kier molecular flexibility index (Phi) is 5.34. The normalized spacial score (nSPS) is 22.3. The number of alkyl halides is 2. The number of hydrogen-bond donors (Lipinski definition) is 2. The Morgan fingerprint density at radius 2 is 1.89 bits per heavy atom. The molecule has 4 aliphatic heterocycles. The highest BCUT2D eigenvalue weighted by molar-refractivity contribution is 5.74. The minimum atomic E-state index is -2.59. The minimum absolute atomic E-state index is 0.140. The van der Waals surface area contributed by atoms with Crippen LogP contribution in [-0.4, -0.2) is 80.9 Å². The molecule has 3 N–H and O–H groups in total. The van der Waals surface area contributed by atoms with Crippen molar-refractivity contribution in [1.29, 1.82) is 0 Å². The molecule has 2 atom stereocenters. The number of phenols is 1. The van der Waals surface area contributed by atoms with Crippen LogP contribution in [0.3, 0.4) is 0 Å². The lowest BCUT2D eigenvalue weighted by Crippen LogP contribution is -2.69. The molecule has 2 unspecified atom stereocenters. The third-order valence-corrected chi connectivity index (χ3v) is 6.83. The average molecular weight is 491 g/mol. The summed E-state index contributed by atoms with van der Waals surface area (Å²) in [6.07, 6.45) is 2.72. The smallest absolute Gasteiger partial charge is 0.273 e. The number of rotatable bonds is 4. The topological polar surface area (TPSA) is 108 Å². The van der Waals surface area contributed by atoms with Crippen molar-refractivity contribution in [2.75, 3.05) is 48.3 Å². The summed E-state index contributed by atoms with van der Waals surface area (Å²) < 4.78 is 25.9. The van der Waals surface area contributed by atoms with E-state index >= 15 is 0 Å². The molecule has 4 fully saturated rings. The van der Waals surface area contributed by atoms with E-state index in [1.54, 1.807) is 29.3 Å². The Balaban J connectivity index is 1.15. The van der Waals surface area contributed by atoms with Crippen LogP contribution in [0.4, 0.5) is 26.1 Å². The maximum absolute atomic E-state index is 13.0. The molecule has 2 aromatic heterocycles. The van der Waals surface area contributed by atoms with Crippen LogP contribution in [0.5, 0.6) is 5.75 Å². The quantitative estimate of drug-likeness (QED) is 0.531. The van der Waals surface area contributed by atoms with Gasteiger partial charge in [-0.3, -0.25) is 4.90 Å². The van der Waals surface area contributed by atoms with Crippen molar-refractivity contribution >= 4 is 17.3 Å². The molecule has 0 saturated carbocycles. The van der Waals surface area contributed by atoms with Crippen LogP contribution < -0.4 is 15.5 Å². The van der Waals surface area contributed by atoms with Crippen molar-refractivity contribution in [2.45, 2.75) is 24.4 Å². The van der Waals surface area contributed by atoms with Crippen LogP contribution >= 0.6 is 0 Å². The van der Waals surface area contributed by atoms with Gasteiger partial charge in [0.2, 0.25) is 5.82 Å². The monoisotopic (exact) mass is 490 g/mol. The molecule has 1 aromatic carbocycles. The number of fused-ring (bicyclic) bond motifs is 2. The van der Waals surface area contributed by atoms with Crippen molar-refractivity contribution in [3.05, 3.63) is 48.4 Å². The number of aromatic hydroxyl groups is 1. The second-order valence-electron chi connectivity index (χ2n) is 9.41. The fourth-order valence-electron chi connectivity index (χ4n) is 5.15. The number of nitrogens with two attached hydrogens (primary N) is 1. The summed E-state index contributed by atoms with van der Waals surface area (Å²) in [7, 11) is 0. The highest BCUT2D eigenvalue weighted by atomic mass is 19.3. The first-order chi connectivity index (χ1) is 17.4. The number of nitrogens with zero attached hydrogens (tertiary/aromatic N) is 7. The number of aromatic nitrogens is 4. The highest BCUT2D eigenvalue weighted by Crippen LogP contribution is 2.39. The molecule has 3 aromatic rings. The van der Waals surface area contributed by atoms with E-state index in [1.165, 1.54) is 0 Å². The Morgan fingerprint density at radius 1 is 1.11 bits per heavy atom. The molecule has 11 heteroatoms. The molecular formula is C25H24F2N8O. The Bertz CT molecular complexity index is 1350. The minimum Gasteiger partial charge on any atom is -0.507 e. The maximum atomic E-state index is 13.0. The van der Waals surface area contributed by atoms with Gasteiger partial charge in [0, 0.05) is 24.8 Å². The second kappa shape index (κ2) is 8.57. The molecule has 2 bridgehead atoms. The zero-order chi connectivity index (χ0) is 24.9. The number of likely N-dealkylation sites (tertiary alicyclic amines) is 1. The summed E-state index contributed by atoms with van der Waals surface area (Å²) in [5.41, 5.74) is 8.15. The number of hydrogen-bond acceptors (Lipinski definition) is 9. The number of piperazine rings is 1. The van der Waals surface area contributed by atoms with Gasteiger partial charge in [-0.25, -0.2) is 18.7 Å². The predicted octanol–water partition coefficient (Wildman–Crippen LogP) is 1.99. The van der Waals surface area contributed by atoms with Gasteiger partial charge in [0.15, 0.2) is 5.82 Å². The summed E-state index contributed by atoms with van der Waals surface area (Å²) in [6.45, 7) is 1.25. The lowest BCUT2D eigenvalue weighted by molar-refractivity contribution is -0.125. The van der Waals surface area contributed by atoms with Crippen molar-refractivity contribution in [3.8, 4) is 28.8 Å². The van der Waals surface area contributed by atoms with Crippen molar-refractivity contribution < 1.29 is 13.9 Å². The van der Waals surface area contributed by atoms with Crippen molar-refractivity contribution in [2.24, 2.45) is 0 Å². The van der Waals surface area contributed by atoms with E-state index in [0.29, 0.717) is 22.9 Å². The molecule has 0 aliphatic carbocycles. The largest absolute Gasteiger partial charge is 0.507 e. The molecular weight excluding hydrogens is 466 g/mol. The van der Waals surface area contributed by atoms with Gasteiger partial charge in [-0.05, 0) is 36.6 Å². The number of halogens is 2. The predicted molar refractivity (Wildman–Crippen MR) is 131 cm³/mol. The first kappa shape index (κ1) is 22.4. The van der Waals surface area contributed by atoms with Crippen molar-refractivity contribution in [1.82, 2.24) is 25.1 Å². The van der Waals surface area contributed by atoms with Crippen LogP contribution in [0, 0.1) is 11.8 Å². The standard InChI is InChI=1S/C25H24F2N8O/c26-25(27)14-33(15-25)9-3-6-22-29-8-7-23(30-22)35-16-10-17(35)13-34(12-16)20-11-19(31-32-24(20)28)18-4-1-2-5-21(18)36/h1-2,4-5,7-8,11,16-17,36H,9-10,12-15H2,(H2,28,32). The van der Waals surface area contributed by atoms with Gasteiger partial charge >= 0.3 is 0 Å². The van der Waals surface area contributed by atoms with Crippen LogP contribution in [-0.2, 0) is 0 Å². The van der Waals surface area contributed by atoms with E-state index in [1.807, 2.05) is 18.2 Å². The molecule has 0 spiro atoms. The van der Waals surface area contributed by atoms with Gasteiger partial charge in [0.1, 0.15) is 11.6 Å². The van der Waals surface area contributed by atoms with Gasteiger partial charge < -0.3 is 20.6 Å². The Morgan fingerprint density at radius 3 is 2.64 bits per heavy atom. The fourth-order valence-corrected chi connectivity index (χ4v) is 5.15. The summed E-state index contributed by atoms with van der Waals surface area (Å²) in [6, 6.07) is 11.2. The van der Waals surface area contributed by atoms with E-state index in [-0.39, 0.29) is 37.5 Å². The molecule has 36 heavy (non-hydrogen) atoms. The molecule has 4 saturated heterocycles. The first-order valence-corrected chi connectivity index (χ1v) is 11.7. The summed E-state index contributed by atoms with van der Waals surface area (Å²) in [5.74, 6) is 4.88. The number of anilines is 3. The van der Waals surface area contributed by atoms with Crippen LogP contribution in [0.2, 0.25) is 0 Å². The third kappa shape index (κ3) is 4.13. The Labute approximate surface area is 206 Å². The lowest BCUT2D eigenvalue weighted by atomic mass is 9.87. The van der Waals surface area contributed by atoms with Gasteiger partial charge in [0.05, 0.1) is 43.1 Å². The van der Waals surface area contributed by atoms with E-state index in [0.717, 1.165) is 31.0 Å². The number of piperidine rings is 1. The van der Waals surface area contributed by atoms with E-state index in [2.05, 4.69) is 41.8 Å². The van der Waals surface area contributed by atoms with E-state index in [9.17, 15) is 13.9 Å². The number of para-hydroxylation sites is 1. The SMILES string of the molecule is Nc1nnc(-c2ccccc2O)cc1N1CC2CC(C1)N2c1ccnc(C#CCN2CC(F)(F)C2)n1. The summed E-state index contributed by atoms with van der Waals surface area (Å²) in [4.78, 5) is 14.9. The van der Waals surface area contributed by atoms with Crippen LogP contribution in [0.1, 0.15) is 12.2 Å². The summed E-state index contributed by atoms with van der Waals surface area (Å²) >= 11 is 0. The molecule has 6 heterocycles. The molecule has 184 valence electrons. The molecule has 7 rings (SSSR count). The number of phenolic OH excluding ortho intramolecular Hbond substituents is 1.